The van der Waals surface area contributed by atoms with Crippen LogP contribution in [-0.2, 0) is 21.9 Å². The average molecular weight is 496 g/mol. The number of benzene rings is 1. The summed E-state index contributed by atoms with van der Waals surface area (Å²) < 4.78 is 29.9. The van der Waals surface area contributed by atoms with Crippen molar-refractivity contribution < 1.29 is 13.2 Å². The van der Waals surface area contributed by atoms with Crippen LogP contribution in [0.1, 0.15) is 19.3 Å². The number of aryl methyl sites for hydroxylation is 1. The Hall–Kier alpha value is -1.79. The fourth-order valence-electron chi connectivity index (χ4n) is 4.51. The second-order valence-electron chi connectivity index (χ2n) is 9.02. The molecule has 33 heavy (non-hydrogen) atoms. The van der Waals surface area contributed by atoms with Gasteiger partial charge in [0.05, 0.1) is 15.1 Å². The molecule has 1 aromatic carbocycles. The standard InChI is InChI=1S/C22H33N5O4S2/c1-24-12-14-26(15-13-24)9-3-8-23-21(28)17-6-10-27(11-7-17)33(30,31)18-4-5-19-20(16-18)32-22(29)25(19)2/h4-5,16-17H,3,6-15H2,1-2H3,(H,23,28). The van der Waals surface area contributed by atoms with E-state index in [1.807, 2.05) is 0 Å². The zero-order valence-corrected chi connectivity index (χ0v) is 21.0. The van der Waals surface area contributed by atoms with Gasteiger partial charge >= 0.3 is 4.87 Å². The highest BCUT2D eigenvalue weighted by atomic mass is 32.2. The minimum absolute atomic E-state index is 0.0286. The van der Waals surface area contributed by atoms with Crippen LogP contribution in [0.4, 0.5) is 0 Å². The molecule has 0 atom stereocenters. The number of likely N-dealkylation sites (N-methyl/N-ethyl adjacent to an activating group) is 1. The Kier molecular flexibility index (Phi) is 7.54. The molecule has 0 saturated carbocycles. The van der Waals surface area contributed by atoms with E-state index in [9.17, 15) is 18.0 Å². The molecule has 0 unspecified atom stereocenters. The van der Waals surface area contributed by atoms with Gasteiger partial charge in [0.1, 0.15) is 0 Å². The predicted octanol–water partition coefficient (Wildman–Crippen LogP) is 0.754. The summed E-state index contributed by atoms with van der Waals surface area (Å²) in [5.41, 5.74) is 0.729. The number of rotatable bonds is 7. The summed E-state index contributed by atoms with van der Waals surface area (Å²) in [6, 6.07) is 4.82. The van der Waals surface area contributed by atoms with Gasteiger partial charge in [-0.05, 0) is 51.1 Å². The van der Waals surface area contributed by atoms with Gasteiger partial charge in [0.15, 0.2) is 0 Å². The molecule has 0 aliphatic carbocycles. The zero-order valence-electron chi connectivity index (χ0n) is 19.3. The van der Waals surface area contributed by atoms with E-state index in [1.165, 1.54) is 8.87 Å². The summed E-state index contributed by atoms with van der Waals surface area (Å²) >= 11 is 1.04. The largest absolute Gasteiger partial charge is 0.356 e. The van der Waals surface area contributed by atoms with Gasteiger partial charge in [-0.15, -0.1) is 0 Å². The molecule has 2 aromatic rings. The van der Waals surface area contributed by atoms with Crippen LogP contribution >= 0.6 is 11.3 Å². The van der Waals surface area contributed by atoms with Crippen molar-refractivity contribution in [1.82, 2.24) is 24.0 Å². The van der Waals surface area contributed by atoms with Crippen LogP contribution in [0.2, 0.25) is 0 Å². The van der Waals surface area contributed by atoms with Crippen LogP contribution in [0.25, 0.3) is 10.2 Å². The number of sulfonamides is 1. The first-order valence-electron chi connectivity index (χ1n) is 11.5. The molecule has 1 amide bonds. The fraction of sp³-hybridized carbons (Fsp3) is 0.636. The fourth-order valence-corrected chi connectivity index (χ4v) is 7.00. The lowest BCUT2D eigenvalue weighted by Gasteiger charge is -2.32. The molecule has 0 spiro atoms. The molecular weight excluding hydrogens is 462 g/mol. The molecule has 0 bridgehead atoms. The van der Waals surface area contributed by atoms with Crippen LogP contribution in [-0.4, -0.2) is 92.4 Å². The highest BCUT2D eigenvalue weighted by Gasteiger charge is 2.32. The van der Waals surface area contributed by atoms with Crippen molar-refractivity contribution in [2.24, 2.45) is 13.0 Å². The van der Waals surface area contributed by atoms with Crippen molar-refractivity contribution in [2.75, 3.05) is 59.4 Å². The zero-order chi connectivity index (χ0) is 23.6. The molecule has 11 heteroatoms. The van der Waals surface area contributed by atoms with E-state index in [2.05, 4.69) is 22.2 Å². The number of nitrogens with one attached hydrogen (secondary N) is 1. The molecule has 182 valence electrons. The molecule has 4 rings (SSSR count). The van der Waals surface area contributed by atoms with Crippen molar-refractivity contribution >= 4 is 37.5 Å². The highest BCUT2D eigenvalue weighted by Crippen LogP contribution is 2.27. The summed E-state index contributed by atoms with van der Waals surface area (Å²) in [5.74, 6) is -0.122. The first-order chi connectivity index (χ1) is 15.8. The molecule has 2 saturated heterocycles. The Morgan fingerprint density at radius 1 is 1.09 bits per heavy atom. The van der Waals surface area contributed by atoms with Crippen molar-refractivity contribution in [2.45, 2.75) is 24.2 Å². The number of aromatic nitrogens is 1. The number of thiazole rings is 1. The van der Waals surface area contributed by atoms with Crippen LogP contribution in [0.3, 0.4) is 0 Å². The third-order valence-corrected chi connectivity index (χ3v) is 9.66. The van der Waals surface area contributed by atoms with E-state index < -0.39 is 10.0 Å². The summed E-state index contributed by atoms with van der Waals surface area (Å²) in [5, 5.41) is 3.04. The Labute approximate surface area is 199 Å². The maximum absolute atomic E-state index is 13.1. The number of piperidine rings is 1. The van der Waals surface area contributed by atoms with Crippen molar-refractivity contribution in [1.29, 1.82) is 0 Å². The van der Waals surface area contributed by atoms with Gasteiger partial charge in [-0.3, -0.25) is 9.59 Å². The first-order valence-corrected chi connectivity index (χ1v) is 13.8. The second kappa shape index (κ2) is 10.2. The van der Waals surface area contributed by atoms with E-state index in [1.54, 1.807) is 25.2 Å². The lowest BCUT2D eigenvalue weighted by molar-refractivity contribution is -0.126. The normalized spacial score (nSPS) is 19.8. The van der Waals surface area contributed by atoms with E-state index in [0.717, 1.165) is 56.0 Å². The molecule has 0 radical (unpaired) electrons. The van der Waals surface area contributed by atoms with Gasteiger partial charge in [0, 0.05) is 58.8 Å². The van der Waals surface area contributed by atoms with Gasteiger partial charge in [-0.1, -0.05) is 11.3 Å². The minimum atomic E-state index is -3.66. The smallest absolute Gasteiger partial charge is 0.307 e. The Morgan fingerprint density at radius 3 is 2.48 bits per heavy atom. The van der Waals surface area contributed by atoms with Gasteiger partial charge in [-0.2, -0.15) is 4.31 Å². The predicted molar refractivity (Wildman–Crippen MR) is 130 cm³/mol. The first kappa shape index (κ1) is 24.3. The number of hydrogen-bond donors (Lipinski definition) is 1. The van der Waals surface area contributed by atoms with Gasteiger partial charge < -0.3 is 19.7 Å². The van der Waals surface area contributed by atoms with Gasteiger partial charge in [0.2, 0.25) is 15.9 Å². The van der Waals surface area contributed by atoms with E-state index in [-0.39, 0.29) is 21.6 Å². The maximum Gasteiger partial charge on any atom is 0.307 e. The van der Waals surface area contributed by atoms with Crippen LogP contribution in [0.15, 0.2) is 27.9 Å². The Balaban J connectivity index is 1.25. The third-order valence-electron chi connectivity index (χ3n) is 6.77. The van der Waals surface area contributed by atoms with Crippen LogP contribution in [0.5, 0.6) is 0 Å². The minimum Gasteiger partial charge on any atom is -0.356 e. The second-order valence-corrected chi connectivity index (χ2v) is 12.0. The number of nitrogens with zero attached hydrogens (tertiary/aromatic N) is 4. The number of piperazine rings is 1. The molecule has 9 nitrogen and oxygen atoms in total. The molecular formula is C22H33N5O4S2. The summed E-state index contributed by atoms with van der Waals surface area (Å²) in [6.45, 7) is 6.63. The molecule has 2 aliphatic rings. The lowest BCUT2D eigenvalue weighted by atomic mass is 9.97. The topological polar surface area (TPSA) is 95.0 Å². The Morgan fingerprint density at radius 2 is 1.79 bits per heavy atom. The van der Waals surface area contributed by atoms with Gasteiger partial charge in [0.25, 0.3) is 0 Å². The molecule has 1 N–H and O–H groups in total. The molecule has 3 heterocycles. The number of hydrogen-bond acceptors (Lipinski definition) is 7. The van der Waals surface area contributed by atoms with Crippen molar-refractivity contribution in [3.63, 3.8) is 0 Å². The quantitative estimate of drug-likeness (QED) is 0.570. The van der Waals surface area contributed by atoms with Crippen molar-refractivity contribution in [3.05, 3.63) is 27.9 Å². The number of carbonyl (C=O) groups is 1. The third kappa shape index (κ3) is 5.48. The van der Waals surface area contributed by atoms with Crippen LogP contribution in [0, 0.1) is 5.92 Å². The van der Waals surface area contributed by atoms with E-state index in [0.29, 0.717) is 37.2 Å². The average Bonchev–Trinajstić information content (AvgIpc) is 3.10. The molecule has 2 fully saturated rings. The van der Waals surface area contributed by atoms with Crippen molar-refractivity contribution in [3.8, 4) is 0 Å². The highest BCUT2D eigenvalue weighted by molar-refractivity contribution is 7.89. The SMILES string of the molecule is CN1CCN(CCCNC(=O)C2CCN(S(=O)(=O)c3ccc4c(c3)sc(=O)n4C)CC2)CC1. The number of fused-ring (bicyclic) bond motifs is 1. The van der Waals surface area contributed by atoms with Crippen LogP contribution < -0.4 is 10.2 Å². The number of carbonyl (C=O) groups excluding carboxylic acids is 1. The molecule has 1 aromatic heterocycles. The van der Waals surface area contributed by atoms with Gasteiger partial charge in [-0.25, -0.2) is 8.42 Å². The van der Waals surface area contributed by atoms with E-state index >= 15 is 0 Å². The summed E-state index contributed by atoms with van der Waals surface area (Å²) in [6.07, 6.45) is 1.96. The van der Waals surface area contributed by atoms with E-state index in [4.69, 9.17) is 0 Å². The lowest BCUT2D eigenvalue weighted by Crippen LogP contribution is -2.45. The molecule has 2 aliphatic heterocycles. The monoisotopic (exact) mass is 495 g/mol. The Bertz CT molecular complexity index is 1140. The number of amides is 1. The summed E-state index contributed by atoms with van der Waals surface area (Å²) in [7, 11) is 0.161. The maximum atomic E-state index is 13.1. The summed E-state index contributed by atoms with van der Waals surface area (Å²) in [4.78, 5) is 29.3.